The number of benzene rings is 1. The summed E-state index contributed by atoms with van der Waals surface area (Å²) in [5.74, 6) is 1.25. The lowest BCUT2D eigenvalue weighted by atomic mass is 9.94. The molecule has 1 aromatic carbocycles. The van der Waals surface area contributed by atoms with E-state index >= 15 is 0 Å². The quantitative estimate of drug-likeness (QED) is 0.459. The summed E-state index contributed by atoms with van der Waals surface area (Å²) in [4.78, 5) is 10.2. The maximum atomic E-state index is 10.2. The van der Waals surface area contributed by atoms with Crippen molar-refractivity contribution in [3.05, 3.63) is 24.3 Å². The number of para-hydroxylation sites is 2. The number of phenolic OH excluding ortho intramolecular Hbond substituents is 1. The molecule has 1 aromatic rings. The average molecular weight is 385 g/mol. The molecule has 1 saturated heterocycles. The molecule has 5 nitrogen and oxygen atoms in total. The molecular weight excluding hydrogens is 348 g/mol. The Labute approximate surface area is 169 Å². The SMILES string of the molecule is Oc1ccccc1NC(=NC1CCCCC1)N1CCN(C2CCCCC2)CC1. The maximum Gasteiger partial charge on any atom is 0.198 e. The molecule has 0 unspecified atom stereocenters. The Balaban J connectivity index is 1.44. The normalized spacial score (nSPS) is 23.7. The average Bonchev–Trinajstić information content (AvgIpc) is 2.76. The Kier molecular flexibility index (Phi) is 6.73. The molecule has 0 radical (unpaired) electrons. The molecule has 0 atom stereocenters. The fourth-order valence-electron chi connectivity index (χ4n) is 5.02. The zero-order valence-corrected chi connectivity index (χ0v) is 17.2. The predicted molar refractivity (Wildman–Crippen MR) is 116 cm³/mol. The molecule has 28 heavy (non-hydrogen) atoms. The van der Waals surface area contributed by atoms with Gasteiger partial charge in [-0.1, -0.05) is 50.7 Å². The Morgan fingerprint density at radius 2 is 1.50 bits per heavy atom. The first-order valence-electron chi connectivity index (χ1n) is 11.4. The maximum absolute atomic E-state index is 10.2. The lowest BCUT2D eigenvalue weighted by molar-refractivity contribution is 0.107. The number of hydrogen-bond acceptors (Lipinski definition) is 3. The van der Waals surface area contributed by atoms with Crippen LogP contribution in [0.2, 0.25) is 0 Å². The van der Waals surface area contributed by atoms with Crippen molar-refractivity contribution in [2.45, 2.75) is 76.3 Å². The van der Waals surface area contributed by atoms with Gasteiger partial charge in [-0.15, -0.1) is 0 Å². The molecule has 2 aliphatic carbocycles. The highest BCUT2D eigenvalue weighted by atomic mass is 16.3. The molecule has 0 bridgehead atoms. The predicted octanol–water partition coefficient (Wildman–Crippen LogP) is 4.44. The van der Waals surface area contributed by atoms with E-state index in [1.165, 1.54) is 64.2 Å². The van der Waals surface area contributed by atoms with Crippen LogP contribution in [0.4, 0.5) is 5.69 Å². The van der Waals surface area contributed by atoms with Crippen molar-refractivity contribution < 1.29 is 5.11 Å². The molecule has 3 fully saturated rings. The van der Waals surface area contributed by atoms with Crippen LogP contribution in [-0.4, -0.2) is 59.1 Å². The van der Waals surface area contributed by atoms with Crippen LogP contribution < -0.4 is 5.32 Å². The molecule has 154 valence electrons. The minimum Gasteiger partial charge on any atom is -0.506 e. The van der Waals surface area contributed by atoms with Gasteiger partial charge in [0.1, 0.15) is 5.75 Å². The molecule has 4 rings (SSSR count). The van der Waals surface area contributed by atoms with Gasteiger partial charge in [0.15, 0.2) is 5.96 Å². The summed E-state index contributed by atoms with van der Waals surface area (Å²) >= 11 is 0. The zero-order valence-electron chi connectivity index (χ0n) is 17.2. The topological polar surface area (TPSA) is 51.1 Å². The molecular formula is C23H36N4O. The third-order valence-corrected chi connectivity index (χ3v) is 6.73. The molecule has 0 amide bonds. The van der Waals surface area contributed by atoms with Gasteiger partial charge in [0.2, 0.25) is 0 Å². The number of nitrogens with zero attached hydrogens (tertiary/aromatic N) is 3. The van der Waals surface area contributed by atoms with Crippen LogP contribution in [0.1, 0.15) is 64.2 Å². The Hall–Kier alpha value is -1.75. The van der Waals surface area contributed by atoms with E-state index in [0.717, 1.165) is 43.9 Å². The van der Waals surface area contributed by atoms with E-state index in [9.17, 15) is 5.11 Å². The fourth-order valence-corrected chi connectivity index (χ4v) is 5.02. The molecule has 3 aliphatic rings. The van der Waals surface area contributed by atoms with E-state index in [4.69, 9.17) is 4.99 Å². The van der Waals surface area contributed by atoms with Gasteiger partial charge in [0.05, 0.1) is 11.7 Å². The van der Waals surface area contributed by atoms with Crippen molar-refractivity contribution in [2.24, 2.45) is 4.99 Å². The second-order valence-electron chi connectivity index (χ2n) is 8.70. The van der Waals surface area contributed by atoms with Crippen LogP contribution in [0.3, 0.4) is 0 Å². The number of nitrogens with one attached hydrogen (secondary N) is 1. The van der Waals surface area contributed by atoms with E-state index in [-0.39, 0.29) is 0 Å². The molecule has 2 saturated carbocycles. The van der Waals surface area contributed by atoms with Gasteiger partial charge >= 0.3 is 0 Å². The van der Waals surface area contributed by atoms with E-state index in [2.05, 4.69) is 15.1 Å². The standard InChI is InChI=1S/C23H36N4O/c28-22-14-8-7-13-21(22)25-23(24-19-9-3-1-4-10-19)27-17-15-26(16-18-27)20-11-5-2-6-12-20/h7-8,13-14,19-20,28H,1-6,9-12,15-18H2,(H,24,25). The van der Waals surface area contributed by atoms with Gasteiger partial charge in [0.25, 0.3) is 0 Å². The number of aliphatic imine (C=N–C) groups is 1. The van der Waals surface area contributed by atoms with Crippen LogP contribution >= 0.6 is 0 Å². The number of piperazine rings is 1. The van der Waals surface area contributed by atoms with E-state index < -0.39 is 0 Å². The van der Waals surface area contributed by atoms with Gasteiger partial charge in [-0.25, -0.2) is 4.99 Å². The minimum atomic E-state index is 0.291. The van der Waals surface area contributed by atoms with Crippen molar-refractivity contribution in [1.82, 2.24) is 9.80 Å². The molecule has 0 aromatic heterocycles. The highest BCUT2D eigenvalue weighted by Crippen LogP contribution is 2.26. The van der Waals surface area contributed by atoms with Gasteiger partial charge in [-0.05, 0) is 37.8 Å². The van der Waals surface area contributed by atoms with E-state index in [1.54, 1.807) is 6.07 Å². The fraction of sp³-hybridized carbons (Fsp3) is 0.696. The number of anilines is 1. The third kappa shape index (κ3) is 4.99. The van der Waals surface area contributed by atoms with Gasteiger partial charge in [-0.2, -0.15) is 0 Å². The Morgan fingerprint density at radius 1 is 0.857 bits per heavy atom. The molecule has 1 heterocycles. The number of phenols is 1. The largest absolute Gasteiger partial charge is 0.506 e. The van der Waals surface area contributed by atoms with Crippen LogP contribution in [0, 0.1) is 0 Å². The van der Waals surface area contributed by atoms with Gasteiger partial charge < -0.3 is 15.3 Å². The Bertz CT molecular complexity index is 642. The van der Waals surface area contributed by atoms with Crippen molar-refractivity contribution >= 4 is 11.6 Å². The second-order valence-corrected chi connectivity index (χ2v) is 8.70. The lowest BCUT2D eigenvalue weighted by Gasteiger charge is -2.42. The monoisotopic (exact) mass is 384 g/mol. The smallest absolute Gasteiger partial charge is 0.198 e. The summed E-state index contributed by atoms with van der Waals surface area (Å²) in [6.07, 6.45) is 13.2. The summed E-state index contributed by atoms with van der Waals surface area (Å²) in [6, 6.07) is 8.70. The summed E-state index contributed by atoms with van der Waals surface area (Å²) in [5, 5.41) is 13.7. The molecule has 2 N–H and O–H groups in total. The van der Waals surface area contributed by atoms with Gasteiger partial charge in [-0.3, -0.25) is 4.90 Å². The van der Waals surface area contributed by atoms with E-state index in [0.29, 0.717) is 11.8 Å². The van der Waals surface area contributed by atoms with Crippen LogP contribution in [0.15, 0.2) is 29.3 Å². The first-order chi connectivity index (χ1) is 13.8. The summed E-state index contributed by atoms with van der Waals surface area (Å²) in [5.41, 5.74) is 0.756. The van der Waals surface area contributed by atoms with Crippen LogP contribution in [0.5, 0.6) is 5.75 Å². The summed E-state index contributed by atoms with van der Waals surface area (Å²) < 4.78 is 0. The van der Waals surface area contributed by atoms with Crippen molar-refractivity contribution in [3.8, 4) is 5.75 Å². The minimum absolute atomic E-state index is 0.291. The van der Waals surface area contributed by atoms with Crippen LogP contribution in [0.25, 0.3) is 0 Å². The second kappa shape index (κ2) is 9.64. The van der Waals surface area contributed by atoms with Crippen molar-refractivity contribution in [2.75, 3.05) is 31.5 Å². The number of rotatable bonds is 3. The zero-order chi connectivity index (χ0) is 19.2. The number of aromatic hydroxyl groups is 1. The number of guanidine groups is 1. The Morgan fingerprint density at radius 3 is 2.18 bits per heavy atom. The number of hydrogen-bond donors (Lipinski definition) is 2. The van der Waals surface area contributed by atoms with E-state index in [1.807, 2.05) is 18.2 Å². The first-order valence-corrected chi connectivity index (χ1v) is 11.4. The lowest BCUT2D eigenvalue weighted by Crippen LogP contribution is -2.53. The van der Waals surface area contributed by atoms with Crippen molar-refractivity contribution in [3.63, 3.8) is 0 Å². The molecule has 5 heteroatoms. The molecule has 0 spiro atoms. The highest BCUT2D eigenvalue weighted by molar-refractivity contribution is 5.95. The summed E-state index contributed by atoms with van der Waals surface area (Å²) in [7, 11) is 0. The third-order valence-electron chi connectivity index (χ3n) is 6.73. The van der Waals surface area contributed by atoms with Gasteiger partial charge in [0, 0.05) is 32.2 Å². The first kappa shape index (κ1) is 19.6. The molecule has 1 aliphatic heterocycles. The highest BCUT2D eigenvalue weighted by Gasteiger charge is 2.27. The van der Waals surface area contributed by atoms with Crippen LogP contribution in [-0.2, 0) is 0 Å². The summed E-state index contributed by atoms with van der Waals surface area (Å²) in [6.45, 7) is 4.28. The van der Waals surface area contributed by atoms with Crippen molar-refractivity contribution in [1.29, 1.82) is 0 Å².